The van der Waals surface area contributed by atoms with Gasteiger partial charge < -0.3 is 10.6 Å². The zero-order valence-corrected chi connectivity index (χ0v) is 15.6. The van der Waals surface area contributed by atoms with Gasteiger partial charge in [0.25, 0.3) is 5.91 Å². The van der Waals surface area contributed by atoms with Gasteiger partial charge in [-0.05, 0) is 42.7 Å². The lowest BCUT2D eigenvalue weighted by Gasteiger charge is -2.10. The van der Waals surface area contributed by atoms with E-state index in [-0.39, 0.29) is 17.8 Å². The number of carbonyl (C=O) groups excluding carboxylic acids is 1. The van der Waals surface area contributed by atoms with Crippen LogP contribution in [0.2, 0.25) is 0 Å². The van der Waals surface area contributed by atoms with E-state index in [0.717, 1.165) is 29.5 Å². The number of hydrogen-bond acceptors (Lipinski definition) is 6. The summed E-state index contributed by atoms with van der Waals surface area (Å²) in [6.07, 6.45) is 7.22. The maximum absolute atomic E-state index is 12.6. The molecule has 1 fully saturated rings. The first-order valence-corrected chi connectivity index (χ1v) is 9.53. The Bertz CT molecular complexity index is 1150. The molecule has 1 aliphatic rings. The Balaban J connectivity index is 1.56. The van der Waals surface area contributed by atoms with Crippen LogP contribution in [-0.2, 0) is 6.54 Å². The number of amides is 1. The van der Waals surface area contributed by atoms with Crippen molar-refractivity contribution in [1.29, 1.82) is 0 Å². The van der Waals surface area contributed by atoms with Gasteiger partial charge in [0.15, 0.2) is 5.65 Å². The molecule has 0 unspecified atom stereocenters. The third-order valence-electron chi connectivity index (χ3n) is 4.75. The number of carbonyl (C=O) groups is 1. The van der Waals surface area contributed by atoms with E-state index in [1.165, 1.54) is 0 Å². The summed E-state index contributed by atoms with van der Waals surface area (Å²) in [6.45, 7) is 0.550. The Morgan fingerprint density at radius 3 is 2.62 bits per heavy atom. The maximum Gasteiger partial charge on any atom is 0.289 e. The van der Waals surface area contributed by atoms with E-state index in [9.17, 15) is 4.79 Å². The number of benzene rings is 1. The molecular formula is C21H19N7O. The normalized spacial score (nSPS) is 13.4. The van der Waals surface area contributed by atoms with Crippen LogP contribution in [-0.4, -0.2) is 36.7 Å². The lowest BCUT2D eigenvalue weighted by Crippen LogP contribution is -2.27. The van der Waals surface area contributed by atoms with Crippen molar-refractivity contribution >= 4 is 22.8 Å². The zero-order chi connectivity index (χ0) is 19.6. The van der Waals surface area contributed by atoms with Crippen molar-refractivity contribution in [2.24, 2.45) is 0 Å². The van der Waals surface area contributed by atoms with Crippen molar-refractivity contribution in [3.05, 3.63) is 72.4 Å². The highest BCUT2D eigenvalue weighted by Crippen LogP contribution is 2.24. The standard InChI is InChI=1S/C21H19N7O/c29-21(25-15-6-7-15)19-26-18(23-12-14-8-10-22-11-9-14)17-13-24-28(20(17)27-19)16-4-2-1-3-5-16/h1-5,8-11,13,15H,6-7,12H2,(H,25,29)(H,23,26,27). The molecule has 2 N–H and O–H groups in total. The topological polar surface area (TPSA) is 97.6 Å². The van der Waals surface area contributed by atoms with Crippen molar-refractivity contribution in [2.45, 2.75) is 25.4 Å². The Hall–Kier alpha value is -3.81. The van der Waals surface area contributed by atoms with Gasteiger partial charge in [-0.25, -0.2) is 14.6 Å². The minimum Gasteiger partial charge on any atom is -0.365 e. The molecular weight excluding hydrogens is 366 g/mol. The molecule has 1 saturated carbocycles. The van der Waals surface area contributed by atoms with Crippen LogP contribution in [0, 0.1) is 0 Å². The predicted molar refractivity (Wildman–Crippen MR) is 109 cm³/mol. The van der Waals surface area contributed by atoms with E-state index >= 15 is 0 Å². The number of anilines is 1. The van der Waals surface area contributed by atoms with Gasteiger partial charge >= 0.3 is 0 Å². The number of fused-ring (bicyclic) bond motifs is 1. The van der Waals surface area contributed by atoms with Gasteiger partial charge in [-0.15, -0.1) is 0 Å². The first kappa shape index (κ1) is 17.3. The fourth-order valence-electron chi connectivity index (χ4n) is 3.07. The number of nitrogens with one attached hydrogen (secondary N) is 2. The molecule has 3 aromatic heterocycles. The van der Waals surface area contributed by atoms with Crippen LogP contribution in [0.1, 0.15) is 29.0 Å². The van der Waals surface area contributed by atoms with E-state index in [1.807, 2.05) is 42.5 Å². The van der Waals surface area contributed by atoms with E-state index in [4.69, 9.17) is 0 Å². The molecule has 0 atom stereocenters. The van der Waals surface area contributed by atoms with Gasteiger partial charge in [0.1, 0.15) is 5.82 Å². The Labute approximate surface area is 167 Å². The monoisotopic (exact) mass is 385 g/mol. The van der Waals surface area contributed by atoms with Gasteiger partial charge in [-0.3, -0.25) is 9.78 Å². The number of pyridine rings is 1. The largest absolute Gasteiger partial charge is 0.365 e. The Morgan fingerprint density at radius 1 is 1.07 bits per heavy atom. The second-order valence-electron chi connectivity index (χ2n) is 6.98. The highest BCUT2D eigenvalue weighted by atomic mass is 16.2. The summed E-state index contributed by atoms with van der Waals surface area (Å²) in [7, 11) is 0. The zero-order valence-electron chi connectivity index (χ0n) is 15.6. The molecule has 0 radical (unpaired) electrons. The smallest absolute Gasteiger partial charge is 0.289 e. The van der Waals surface area contributed by atoms with E-state index in [1.54, 1.807) is 23.3 Å². The minimum absolute atomic E-state index is 0.138. The van der Waals surface area contributed by atoms with E-state index in [2.05, 4.69) is 30.7 Å². The molecule has 0 saturated heterocycles. The number of nitrogens with zero attached hydrogens (tertiary/aromatic N) is 5. The lowest BCUT2D eigenvalue weighted by molar-refractivity contribution is 0.0941. The predicted octanol–water partition coefficient (Wildman–Crippen LogP) is 2.71. The molecule has 1 aliphatic carbocycles. The fraction of sp³-hybridized carbons (Fsp3) is 0.190. The van der Waals surface area contributed by atoms with Crippen LogP contribution in [0.5, 0.6) is 0 Å². The highest BCUT2D eigenvalue weighted by molar-refractivity contribution is 5.96. The fourth-order valence-corrected chi connectivity index (χ4v) is 3.07. The number of para-hydroxylation sites is 1. The van der Waals surface area contributed by atoms with Crippen LogP contribution in [0.3, 0.4) is 0 Å². The van der Waals surface area contributed by atoms with Crippen molar-refractivity contribution in [1.82, 2.24) is 30.0 Å². The molecule has 1 amide bonds. The minimum atomic E-state index is -0.262. The summed E-state index contributed by atoms with van der Waals surface area (Å²) in [6, 6.07) is 13.8. The second-order valence-corrected chi connectivity index (χ2v) is 6.98. The molecule has 144 valence electrons. The highest BCUT2D eigenvalue weighted by Gasteiger charge is 2.26. The summed E-state index contributed by atoms with van der Waals surface area (Å²) in [5.74, 6) is 0.455. The first-order chi connectivity index (χ1) is 14.3. The van der Waals surface area contributed by atoms with Gasteiger partial charge in [0.05, 0.1) is 17.3 Å². The van der Waals surface area contributed by atoms with Crippen molar-refractivity contribution in [3.8, 4) is 5.69 Å². The lowest BCUT2D eigenvalue weighted by atomic mass is 10.2. The van der Waals surface area contributed by atoms with Crippen molar-refractivity contribution in [2.75, 3.05) is 5.32 Å². The average Bonchev–Trinajstić information content (AvgIpc) is 3.48. The van der Waals surface area contributed by atoms with Crippen molar-refractivity contribution in [3.63, 3.8) is 0 Å². The number of hydrogen-bond donors (Lipinski definition) is 2. The van der Waals surface area contributed by atoms with Crippen LogP contribution < -0.4 is 10.6 Å². The molecule has 1 aromatic carbocycles. The molecule has 4 aromatic rings. The van der Waals surface area contributed by atoms with Crippen LogP contribution in [0.15, 0.2) is 61.1 Å². The molecule has 5 rings (SSSR count). The summed E-state index contributed by atoms with van der Waals surface area (Å²) < 4.78 is 1.72. The van der Waals surface area contributed by atoms with E-state index in [0.29, 0.717) is 18.0 Å². The van der Waals surface area contributed by atoms with Crippen LogP contribution >= 0.6 is 0 Å². The summed E-state index contributed by atoms with van der Waals surface area (Å²) in [5, 5.41) is 11.5. The molecule has 29 heavy (non-hydrogen) atoms. The molecule has 0 spiro atoms. The third kappa shape index (κ3) is 3.64. The van der Waals surface area contributed by atoms with Gasteiger partial charge in [0, 0.05) is 25.0 Å². The van der Waals surface area contributed by atoms with Gasteiger partial charge in [-0.1, -0.05) is 18.2 Å². The number of aromatic nitrogens is 5. The SMILES string of the molecule is O=C(NC1CC1)c1nc(NCc2ccncc2)c2cnn(-c3ccccc3)c2n1. The summed E-state index contributed by atoms with van der Waals surface area (Å²) in [5.41, 5.74) is 2.52. The summed E-state index contributed by atoms with van der Waals surface area (Å²) >= 11 is 0. The van der Waals surface area contributed by atoms with Crippen LogP contribution in [0.4, 0.5) is 5.82 Å². The summed E-state index contributed by atoms with van der Waals surface area (Å²) in [4.78, 5) is 25.7. The van der Waals surface area contributed by atoms with E-state index < -0.39 is 0 Å². The first-order valence-electron chi connectivity index (χ1n) is 9.53. The average molecular weight is 385 g/mol. The molecule has 8 nitrogen and oxygen atoms in total. The van der Waals surface area contributed by atoms with Gasteiger partial charge in [-0.2, -0.15) is 5.10 Å². The second kappa shape index (κ2) is 7.31. The third-order valence-corrected chi connectivity index (χ3v) is 4.75. The Morgan fingerprint density at radius 2 is 1.86 bits per heavy atom. The quantitative estimate of drug-likeness (QED) is 0.530. The number of rotatable bonds is 6. The molecule has 0 aliphatic heterocycles. The molecule has 0 bridgehead atoms. The molecule has 8 heteroatoms. The Kier molecular flexibility index (Phi) is 4.36. The van der Waals surface area contributed by atoms with Crippen molar-refractivity contribution < 1.29 is 4.79 Å². The van der Waals surface area contributed by atoms with Crippen LogP contribution in [0.25, 0.3) is 16.7 Å². The van der Waals surface area contributed by atoms with Gasteiger partial charge in [0.2, 0.25) is 5.82 Å². The molecule has 3 heterocycles. The maximum atomic E-state index is 12.6.